The zero-order valence-corrected chi connectivity index (χ0v) is 9.24. The number of hydrogen-bond acceptors (Lipinski definition) is 4. The molecule has 0 radical (unpaired) electrons. The van der Waals surface area contributed by atoms with Crippen LogP contribution in [0.2, 0.25) is 5.02 Å². The molecule has 0 fully saturated rings. The van der Waals surface area contributed by atoms with Crippen molar-refractivity contribution in [3.8, 4) is 5.95 Å². The van der Waals surface area contributed by atoms with Crippen LogP contribution in [0.25, 0.3) is 12.0 Å². The number of carbonyl (C=O) groups is 1. The molecule has 17 heavy (non-hydrogen) atoms. The van der Waals surface area contributed by atoms with Gasteiger partial charge in [0.1, 0.15) is 0 Å². The summed E-state index contributed by atoms with van der Waals surface area (Å²) in [6.07, 6.45) is 8.47. The van der Waals surface area contributed by atoms with Crippen LogP contribution in [-0.2, 0) is 4.79 Å². The second kappa shape index (κ2) is 4.75. The molecule has 0 saturated heterocycles. The predicted molar refractivity (Wildman–Crippen MR) is 60.8 cm³/mol. The maximum Gasteiger partial charge on any atom is 0.328 e. The molecule has 86 valence electrons. The van der Waals surface area contributed by atoms with Crippen molar-refractivity contribution < 1.29 is 9.90 Å². The van der Waals surface area contributed by atoms with Crippen LogP contribution in [0, 0.1) is 0 Å². The minimum atomic E-state index is -1.02. The van der Waals surface area contributed by atoms with Crippen LogP contribution in [0.4, 0.5) is 0 Å². The summed E-state index contributed by atoms with van der Waals surface area (Å²) < 4.78 is 1.42. The molecule has 0 bridgehead atoms. The number of rotatable bonds is 3. The van der Waals surface area contributed by atoms with Gasteiger partial charge in [-0.1, -0.05) is 11.6 Å². The first kappa shape index (κ1) is 11.3. The Labute approximate surface area is 101 Å². The molecule has 0 aliphatic heterocycles. The third-order valence-electron chi connectivity index (χ3n) is 1.83. The summed E-state index contributed by atoms with van der Waals surface area (Å²) in [5.41, 5.74) is 0.592. The van der Waals surface area contributed by atoms with Crippen LogP contribution in [0.3, 0.4) is 0 Å². The van der Waals surface area contributed by atoms with E-state index in [2.05, 4.69) is 15.1 Å². The van der Waals surface area contributed by atoms with Gasteiger partial charge in [-0.05, 0) is 6.08 Å². The highest BCUT2D eigenvalue weighted by Gasteiger charge is 2.01. The molecule has 0 aromatic carbocycles. The van der Waals surface area contributed by atoms with Gasteiger partial charge in [0, 0.05) is 24.0 Å². The standard InChI is InChI=1S/C10H7ClN4O2/c11-8-5-14-15(6-8)10-12-3-7(4-13-10)1-2-9(16)17/h1-6H,(H,16,17)/b2-1+. The van der Waals surface area contributed by atoms with Crippen molar-refractivity contribution in [1.29, 1.82) is 0 Å². The van der Waals surface area contributed by atoms with Crippen LogP contribution in [0.1, 0.15) is 5.56 Å². The summed E-state index contributed by atoms with van der Waals surface area (Å²) in [6.45, 7) is 0. The molecule has 0 aliphatic rings. The van der Waals surface area contributed by atoms with Crippen molar-refractivity contribution in [3.63, 3.8) is 0 Å². The Morgan fingerprint density at radius 2 is 2.06 bits per heavy atom. The quantitative estimate of drug-likeness (QED) is 0.833. The van der Waals surface area contributed by atoms with Crippen molar-refractivity contribution in [1.82, 2.24) is 19.7 Å². The fourth-order valence-electron chi connectivity index (χ4n) is 1.11. The molecule has 2 rings (SSSR count). The summed E-state index contributed by atoms with van der Waals surface area (Å²) in [5.74, 6) is -0.655. The zero-order valence-electron chi connectivity index (χ0n) is 8.49. The Bertz CT molecular complexity index is 562. The molecule has 0 saturated carbocycles. The first-order valence-corrected chi connectivity index (χ1v) is 4.96. The van der Waals surface area contributed by atoms with Crippen LogP contribution >= 0.6 is 11.6 Å². The second-order valence-electron chi connectivity index (χ2n) is 3.09. The van der Waals surface area contributed by atoms with Crippen LogP contribution in [0.15, 0.2) is 30.9 Å². The molecule has 2 aromatic heterocycles. The van der Waals surface area contributed by atoms with Crippen molar-refractivity contribution in [2.75, 3.05) is 0 Å². The average Bonchev–Trinajstić information content (AvgIpc) is 2.74. The van der Waals surface area contributed by atoms with E-state index in [0.717, 1.165) is 6.08 Å². The van der Waals surface area contributed by atoms with Gasteiger partial charge < -0.3 is 5.11 Å². The normalized spacial score (nSPS) is 10.9. The Morgan fingerprint density at radius 1 is 1.35 bits per heavy atom. The molecular formula is C10H7ClN4O2. The van der Waals surface area contributed by atoms with Crippen molar-refractivity contribution >= 4 is 23.6 Å². The van der Waals surface area contributed by atoms with Gasteiger partial charge in [0.25, 0.3) is 5.95 Å². The zero-order chi connectivity index (χ0) is 12.3. The number of aliphatic carboxylic acids is 1. The molecule has 0 atom stereocenters. The molecule has 0 amide bonds. The van der Waals surface area contributed by atoms with E-state index in [0.29, 0.717) is 16.5 Å². The summed E-state index contributed by atoms with van der Waals surface area (Å²) in [5, 5.41) is 12.9. The monoisotopic (exact) mass is 250 g/mol. The van der Waals surface area contributed by atoms with E-state index >= 15 is 0 Å². The van der Waals surface area contributed by atoms with Crippen LogP contribution < -0.4 is 0 Å². The van der Waals surface area contributed by atoms with E-state index in [4.69, 9.17) is 16.7 Å². The lowest BCUT2D eigenvalue weighted by Crippen LogP contribution is -2.00. The summed E-state index contributed by atoms with van der Waals surface area (Å²) in [4.78, 5) is 18.4. The minimum Gasteiger partial charge on any atom is -0.478 e. The van der Waals surface area contributed by atoms with Crippen LogP contribution in [0.5, 0.6) is 0 Å². The maximum absolute atomic E-state index is 10.3. The lowest BCUT2D eigenvalue weighted by molar-refractivity contribution is -0.131. The largest absolute Gasteiger partial charge is 0.478 e. The number of carboxylic acids is 1. The highest BCUT2D eigenvalue weighted by Crippen LogP contribution is 2.08. The van der Waals surface area contributed by atoms with Gasteiger partial charge in [0.15, 0.2) is 0 Å². The number of aromatic nitrogens is 4. The topological polar surface area (TPSA) is 80.9 Å². The first-order valence-electron chi connectivity index (χ1n) is 4.59. The van der Waals surface area contributed by atoms with Crippen molar-refractivity contribution in [2.24, 2.45) is 0 Å². The van der Waals surface area contributed by atoms with Gasteiger partial charge in [0.2, 0.25) is 0 Å². The lowest BCUT2D eigenvalue weighted by atomic mass is 10.3. The summed E-state index contributed by atoms with van der Waals surface area (Å²) >= 11 is 5.71. The van der Waals surface area contributed by atoms with Gasteiger partial charge in [-0.2, -0.15) is 5.10 Å². The highest BCUT2D eigenvalue weighted by atomic mass is 35.5. The number of halogens is 1. The van der Waals surface area contributed by atoms with Gasteiger partial charge >= 0.3 is 5.97 Å². The fourth-order valence-corrected chi connectivity index (χ4v) is 1.25. The minimum absolute atomic E-state index is 0.365. The Balaban J connectivity index is 2.21. The molecule has 2 aromatic rings. The van der Waals surface area contributed by atoms with E-state index in [1.165, 1.54) is 29.3 Å². The highest BCUT2D eigenvalue weighted by molar-refractivity contribution is 6.30. The van der Waals surface area contributed by atoms with E-state index in [9.17, 15) is 4.79 Å². The van der Waals surface area contributed by atoms with Gasteiger partial charge in [0.05, 0.1) is 17.4 Å². The fraction of sp³-hybridized carbons (Fsp3) is 0. The second-order valence-corrected chi connectivity index (χ2v) is 3.53. The smallest absolute Gasteiger partial charge is 0.328 e. The van der Waals surface area contributed by atoms with Gasteiger partial charge in [-0.15, -0.1) is 0 Å². The Kier molecular flexibility index (Phi) is 3.15. The SMILES string of the molecule is O=C(O)/C=C/c1cnc(-n2cc(Cl)cn2)nc1. The van der Waals surface area contributed by atoms with Crippen LogP contribution in [-0.4, -0.2) is 30.8 Å². The molecule has 2 heterocycles. The van der Waals surface area contributed by atoms with E-state index in [1.807, 2.05) is 0 Å². The first-order chi connectivity index (χ1) is 8.15. The number of hydrogen-bond donors (Lipinski definition) is 1. The Hall–Kier alpha value is -2.21. The van der Waals surface area contributed by atoms with Crippen molar-refractivity contribution in [2.45, 2.75) is 0 Å². The molecule has 0 unspecified atom stereocenters. The van der Waals surface area contributed by atoms with E-state index in [-0.39, 0.29) is 0 Å². The predicted octanol–water partition coefficient (Wildman–Crippen LogP) is 1.41. The third kappa shape index (κ3) is 2.88. The van der Waals surface area contributed by atoms with Gasteiger partial charge in [-0.3, -0.25) is 0 Å². The maximum atomic E-state index is 10.3. The molecule has 6 nitrogen and oxygen atoms in total. The lowest BCUT2D eigenvalue weighted by Gasteiger charge is -1.98. The summed E-state index contributed by atoms with van der Waals surface area (Å²) in [7, 11) is 0. The van der Waals surface area contributed by atoms with E-state index in [1.54, 1.807) is 6.20 Å². The average molecular weight is 251 g/mol. The molecular weight excluding hydrogens is 244 g/mol. The number of nitrogens with zero attached hydrogens (tertiary/aromatic N) is 4. The molecule has 0 spiro atoms. The summed E-state index contributed by atoms with van der Waals surface area (Å²) in [6, 6.07) is 0. The molecule has 1 N–H and O–H groups in total. The number of carboxylic acid groups (broad SMARTS) is 1. The van der Waals surface area contributed by atoms with Crippen molar-refractivity contribution in [3.05, 3.63) is 41.4 Å². The Morgan fingerprint density at radius 3 is 2.59 bits per heavy atom. The third-order valence-corrected chi connectivity index (χ3v) is 2.03. The van der Waals surface area contributed by atoms with E-state index < -0.39 is 5.97 Å². The van der Waals surface area contributed by atoms with Gasteiger partial charge in [-0.25, -0.2) is 19.4 Å². The molecule has 0 aliphatic carbocycles. The molecule has 7 heteroatoms.